The summed E-state index contributed by atoms with van der Waals surface area (Å²) in [7, 11) is -0.481. The van der Waals surface area contributed by atoms with Crippen LogP contribution in [0.25, 0.3) is 0 Å². The average Bonchev–Trinajstić information content (AvgIpc) is 1.91. The molecule has 0 saturated heterocycles. The summed E-state index contributed by atoms with van der Waals surface area (Å²) in [6.07, 6.45) is 3.82. The molecule has 0 bridgehead atoms. The fourth-order valence-electron chi connectivity index (χ4n) is 1.31. The molecule has 0 spiro atoms. The van der Waals surface area contributed by atoms with Gasteiger partial charge in [0.15, 0.2) is 0 Å². The Hall–Kier alpha value is 0.177. The first kappa shape index (κ1) is 10.2. The summed E-state index contributed by atoms with van der Waals surface area (Å²) in [5.41, 5.74) is 0.852. The lowest BCUT2D eigenvalue weighted by atomic mass is 10.3. The van der Waals surface area contributed by atoms with E-state index >= 15 is 0 Å². The van der Waals surface area contributed by atoms with Gasteiger partial charge in [-0.3, -0.25) is 0 Å². The number of rotatable bonds is 5. The summed E-state index contributed by atoms with van der Waals surface area (Å²) < 4.78 is 0. The van der Waals surface area contributed by atoms with Crippen molar-refractivity contribution in [3.63, 3.8) is 0 Å². The van der Waals surface area contributed by atoms with Gasteiger partial charge in [0.1, 0.15) is 8.96 Å². The highest BCUT2D eigenvalue weighted by Crippen LogP contribution is 2.19. The van der Waals surface area contributed by atoms with E-state index in [1.54, 1.807) is 0 Å². The summed E-state index contributed by atoms with van der Waals surface area (Å²) in [5.74, 6) is 0. The van der Waals surface area contributed by atoms with Gasteiger partial charge >= 0.3 is 0 Å². The first-order chi connectivity index (χ1) is 4.76. The average molecular weight is 158 g/mol. The van der Waals surface area contributed by atoms with Gasteiger partial charge in [0.25, 0.3) is 0 Å². The van der Waals surface area contributed by atoms with E-state index in [-0.39, 0.29) is 0 Å². The molecule has 0 aromatic heterocycles. The predicted octanol–water partition coefficient (Wildman–Crippen LogP) is 2.54. The topological polar surface area (TPSA) is 26.0 Å². The Kier molecular flexibility index (Phi) is 6.03. The van der Waals surface area contributed by atoms with Crippen LogP contribution in [0.3, 0.4) is 0 Å². The predicted molar refractivity (Wildman–Crippen MR) is 49.4 cm³/mol. The Morgan fingerprint density at radius 3 is 2.00 bits per heavy atom. The molecule has 2 N–H and O–H groups in total. The maximum absolute atomic E-state index is 6.05. The van der Waals surface area contributed by atoms with Crippen molar-refractivity contribution in [1.82, 2.24) is 0 Å². The Labute approximate surface area is 66.7 Å². The maximum atomic E-state index is 6.05. The van der Waals surface area contributed by atoms with Crippen molar-refractivity contribution in [1.29, 1.82) is 0 Å². The molecule has 0 amide bonds. The van der Waals surface area contributed by atoms with E-state index in [0.29, 0.717) is 0 Å². The summed E-state index contributed by atoms with van der Waals surface area (Å²) in [6, 6.07) is 1.29. The minimum atomic E-state index is -0.481. The molecule has 0 unspecified atom stereocenters. The van der Waals surface area contributed by atoms with E-state index in [1.807, 2.05) is 0 Å². The quantitative estimate of drug-likeness (QED) is 0.611. The van der Waals surface area contributed by atoms with Gasteiger partial charge in [0.05, 0.1) is 0 Å². The molecule has 0 atom stereocenters. The lowest BCUT2D eigenvalue weighted by Crippen LogP contribution is -2.30. The first-order valence-corrected chi connectivity index (χ1v) is 6.23. The monoisotopic (exact) mass is 158 g/mol. The van der Waals surface area contributed by atoms with E-state index in [9.17, 15) is 0 Å². The van der Waals surface area contributed by atoms with Crippen molar-refractivity contribution in [2.45, 2.75) is 51.6 Å². The Bertz CT molecular complexity index is 71.7. The highest BCUT2D eigenvalue weighted by molar-refractivity contribution is 6.56. The van der Waals surface area contributed by atoms with Crippen LogP contribution in [0, 0.1) is 0 Å². The molecule has 0 saturated carbocycles. The van der Waals surface area contributed by atoms with Gasteiger partial charge < -0.3 is 5.40 Å². The standard InChI is InChI=1S/C8H20NSi/c1-4-7-10(9)8(5-2)6-3/h8H,4-7,9H2,1-3H3. The van der Waals surface area contributed by atoms with E-state index in [2.05, 4.69) is 20.8 Å². The van der Waals surface area contributed by atoms with Gasteiger partial charge in [-0.1, -0.05) is 40.0 Å². The molecule has 0 aliphatic heterocycles. The zero-order valence-corrected chi connectivity index (χ0v) is 8.48. The highest BCUT2D eigenvalue weighted by atomic mass is 28.3. The minimum absolute atomic E-state index is 0.481. The van der Waals surface area contributed by atoms with Crippen LogP contribution in [-0.2, 0) is 0 Å². The highest BCUT2D eigenvalue weighted by Gasteiger charge is 2.14. The second kappa shape index (κ2) is 5.92. The second-order valence-corrected chi connectivity index (χ2v) is 5.30. The van der Waals surface area contributed by atoms with Gasteiger partial charge in [-0.05, 0) is 11.6 Å². The van der Waals surface area contributed by atoms with Crippen LogP contribution in [-0.4, -0.2) is 8.96 Å². The Morgan fingerprint density at radius 2 is 1.70 bits per heavy atom. The summed E-state index contributed by atoms with van der Waals surface area (Å²) in [4.78, 5) is 0. The molecule has 2 heteroatoms. The Balaban J connectivity index is 3.53. The molecular weight excluding hydrogens is 138 g/mol. The molecule has 1 radical (unpaired) electrons. The van der Waals surface area contributed by atoms with Gasteiger partial charge in [-0.25, -0.2) is 0 Å². The summed E-state index contributed by atoms with van der Waals surface area (Å²) in [6.45, 7) is 6.72. The van der Waals surface area contributed by atoms with E-state index in [0.717, 1.165) is 5.54 Å². The normalized spacial score (nSPS) is 11.4. The zero-order valence-electron chi connectivity index (χ0n) is 7.48. The molecule has 1 nitrogen and oxygen atoms in total. The molecule has 0 aromatic carbocycles. The third-order valence-corrected chi connectivity index (χ3v) is 4.99. The van der Waals surface area contributed by atoms with E-state index < -0.39 is 8.96 Å². The van der Waals surface area contributed by atoms with Crippen LogP contribution in [0.2, 0.25) is 11.6 Å². The van der Waals surface area contributed by atoms with Crippen molar-refractivity contribution in [2.75, 3.05) is 0 Å². The van der Waals surface area contributed by atoms with Crippen LogP contribution in [0.1, 0.15) is 40.0 Å². The number of hydrogen-bond donors (Lipinski definition) is 1. The van der Waals surface area contributed by atoms with Crippen LogP contribution in [0.4, 0.5) is 0 Å². The minimum Gasteiger partial charge on any atom is -0.351 e. The lowest BCUT2D eigenvalue weighted by molar-refractivity contribution is 0.738. The molecular formula is C8H20NSi. The largest absolute Gasteiger partial charge is 0.351 e. The molecule has 61 valence electrons. The second-order valence-electron chi connectivity index (χ2n) is 2.84. The van der Waals surface area contributed by atoms with Crippen LogP contribution >= 0.6 is 0 Å². The van der Waals surface area contributed by atoms with Crippen LogP contribution in [0.15, 0.2) is 0 Å². The molecule has 0 aliphatic rings. The van der Waals surface area contributed by atoms with E-state index in [1.165, 1.54) is 25.3 Å². The van der Waals surface area contributed by atoms with Crippen molar-refractivity contribution >= 4 is 8.96 Å². The SMILES string of the molecule is CCC[Si](N)C(CC)CC. The fourth-order valence-corrected chi connectivity index (χ4v) is 3.34. The molecule has 0 rings (SSSR count). The maximum Gasteiger partial charge on any atom is 0.134 e. The van der Waals surface area contributed by atoms with Crippen LogP contribution < -0.4 is 5.40 Å². The smallest absolute Gasteiger partial charge is 0.134 e. The van der Waals surface area contributed by atoms with Crippen molar-refractivity contribution in [3.8, 4) is 0 Å². The summed E-state index contributed by atoms with van der Waals surface area (Å²) in [5, 5.41) is 6.05. The molecule has 0 aromatic rings. The molecule has 0 heterocycles. The van der Waals surface area contributed by atoms with Crippen molar-refractivity contribution in [3.05, 3.63) is 0 Å². The lowest BCUT2D eigenvalue weighted by Gasteiger charge is -2.17. The third-order valence-electron chi connectivity index (χ3n) is 2.05. The third kappa shape index (κ3) is 3.37. The molecule has 0 fully saturated rings. The van der Waals surface area contributed by atoms with Gasteiger partial charge in [0.2, 0.25) is 0 Å². The van der Waals surface area contributed by atoms with Gasteiger partial charge in [0, 0.05) is 0 Å². The van der Waals surface area contributed by atoms with Crippen molar-refractivity contribution < 1.29 is 0 Å². The number of hydrogen-bond acceptors (Lipinski definition) is 1. The molecule has 0 aliphatic carbocycles. The number of nitrogens with two attached hydrogens (primary N) is 1. The van der Waals surface area contributed by atoms with E-state index in [4.69, 9.17) is 5.40 Å². The van der Waals surface area contributed by atoms with Gasteiger partial charge in [-0.15, -0.1) is 0 Å². The first-order valence-electron chi connectivity index (χ1n) is 4.37. The van der Waals surface area contributed by atoms with Gasteiger partial charge in [-0.2, -0.15) is 0 Å². The fraction of sp³-hybridized carbons (Fsp3) is 1.00. The Morgan fingerprint density at radius 1 is 1.20 bits per heavy atom. The summed E-state index contributed by atoms with van der Waals surface area (Å²) >= 11 is 0. The van der Waals surface area contributed by atoms with Crippen molar-refractivity contribution in [2.24, 2.45) is 5.40 Å². The molecule has 10 heavy (non-hydrogen) atoms. The zero-order chi connectivity index (χ0) is 7.98. The van der Waals surface area contributed by atoms with Crippen LogP contribution in [0.5, 0.6) is 0 Å².